The average Bonchev–Trinajstić information content (AvgIpc) is 3.21. The van der Waals surface area contributed by atoms with E-state index in [9.17, 15) is 0 Å². The van der Waals surface area contributed by atoms with Crippen LogP contribution in [0, 0.1) is 0 Å². The van der Waals surface area contributed by atoms with Gasteiger partial charge in [0.25, 0.3) is 0 Å². The Hall–Kier alpha value is -2.54. The van der Waals surface area contributed by atoms with Gasteiger partial charge in [0, 0.05) is 37.3 Å². The van der Waals surface area contributed by atoms with Crippen LogP contribution in [0.4, 0.5) is 0 Å². The third-order valence-corrected chi connectivity index (χ3v) is 4.95. The summed E-state index contributed by atoms with van der Waals surface area (Å²) < 4.78 is 11.3. The zero-order valence-electron chi connectivity index (χ0n) is 16.3. The normalized spacial score (nSPS) is 12.6. The van der Waals surface area contributed by atoms with E-state index in [1.165, 1.54) is 5.56 Å². The van der Waals surface area contributed by atoms with Gasteiger partial charge >= 0.3 is 0 Å². The molecule has 3 aromatic rings. The van der Waals surface area contributed by atoms with Crippen LogP contribution in [-0.2, 0) is 13.0 Å². The lowest BCUT2D eigenvalue weighted by atomic mass is 10.1. The fourth-order valence-electron chi connectivity index (χ4n) is 3.51. The van der Waals surface area contributed by atoms with Gasteiger partial charge in [-0.05, 0) is 30.2 Å². The molecule has 0 fully saturated rings. The van der Waals surface area contributed by atoms with E-state index in [4.69, 9.17) is 15.2 Å². The van der Waals surface area contributed by atoms with Crippen LogP contribution in [0.1, 0.15) is 11.1 Å². The molecule has 29 heavy (non-hydrogen) atoms. The highest BCUT2D eigenvalue weighted by Crippen LogP contribution is 2.35. The predicted molar refractivity (Wildman–Crippen MR) is 117 cm³/mol. The Morgan fingerprint density at radius 2 is 1.79 bits per heavy atom. The maximum atomic E-state index is 5.86. The molecule has 1 aliphatic heterocycles. The van der Waals surface area contributed by atoms with Crippen molar-refractivity contribution >= 4 is 12.4 Å². The average molecular weight is 415 g/mol. The Kier molecular flexibility index (Phi) is 7.52. The summed E-state index contributed by atoms with van der Waals surface area (Å²) in [5.74, 6) is 1.58. The minimum absolute atomic E-state index is 0. The second-order valence-corrected chi connectivity index (χ2v) is 6.93. The van der Waals surface area contributed by atoms with Gasteiger partial charge in [-0.25, -0.2) is 0 Å². The molecule has 0 saturated heterocycles. The molecule has 0 bridgehead atoms. The lowest BCUT2D eigenvalue weighted by Crippen LogP contribution is -2.31. The Bertz CT molecular complexity index is 901. The van der Waals surface area contributed by atoms with Gasteiger partial charge in [0.05, 0.1) is 11.9 Å². The zero-order chi connectivity index (χ0) is 19.2. The maximum absolute atomic E-state index is 5.86. The monoisotopic (exact) mass is 414 g/mol. The van der Waals surface area contributed by atoms with Gasteiger partial charge in [-0.15, -0.1) is 12.4 Å². The number of hydrogen-bond acceptors (Lipinski definition) is 5. The highest BCUT2D eigenvalue weighted by atomic mass is 35.5. The van der Waals surface area contributed by atoms with Crippen LogP contribution in [-0.4, -0.2) is 47.9 Å². The number of H-pyrrole nitrogens is 1. The second-order valence-electron chi connectivity index (χ2n) is 6.93. The molecule has 0 unspecified atom stereocenters. The summed E-state index contributed by atoms with van der Waals surface area (Å²) >= 11 is 0. The molecule has 7 heteroatoms. The SMILES string of the molecule is Cl.NCCN(CCc1ccccc1)Cc1cn[nH]c1-c1ccc2c(c1)OCCO2. The molecule has 1 aromatic heterocycles. The van der Waals surface area contributed by atoms with E-state index in [0.717, 1.165) is 54.4 Å². The molecular formula is C22H27ClN4O2. The number of nitrogens with two attached hydrogens (primary N) is 1. The lowest BCUT2D eigenvalue weighted by Gasteiger charge is -2.22. The minimum Gasteiger partial charge on any atom is -0.486 e. The quantitative estimate of drug-likeness (QED) is 0.591. The van der Waals surface area contributed by atoms with Gasteiger partial charge in [0.2, 0.25) is 0 Å². The Morgan fingerprint density at radius 1 is 1.00 bits per heavy atom. The molecule has 0 aliphatic carbocycles. The third-order valence-electron chi connectivity index (χ3n) is 4.95. The minimum atomic E-state index is 0. The van der Waals surface area contributed by atoms with E-state index in [2.05, 4.69) is 39.4 Å². The van der Waals surface area contributed by atoms with Crippen molar-refractivity contribution in [1.29, 1.82) is 0 Å². The molecule has 154 valence electrons. The van der Waals surface area contributed by atoms with Crippen LogP contribution in [0.2, 0.25) is 0 Å². The summed E-state index contributed by atoms with van der Waals surface area (Å²) in [6.45, 7) is 4.40. The Morgan fingerprint density at radius 3 is 2.59 bits per heavy atom. The van der Waals surface area contributed by atoms with Crippen molar-refractivity contribution < 1.29 is 9.47 Å². The molecular weight excluding hydrogens is 388 g/mol. The number of benzene rings is 2. The fourth-order valence-corrected chi connectivity index (χ4v) is 3.51. The van der Waals surface area contributed by atoms with Crippen LogP contribution in [0.3, 0.4) is 0 Å². The largest absolute Gasteiger partial charge is 0.486 e. The van der Waals surface area contributed by atoms with Crippen molar-refractivity contribution in [3.8, 4) is 22.8 Å². The van der Waals surface area contributed by atoms with Gasteiger partial charge in [-0.3, -0.25) is 10.00 Å². The van der Waals surface area contributed by atoms with Crippen molar-refractivity contribution in [1.82, 2.24) is 15.1 Å². The first-order chi connectivity index (χ1) is 13.8. The van der Waals surface area contributed by atoms with Gasteiger partial charge in [0.15, 0.2) is 11.5 Å². The van der Waals surface area contributed by atoms with E-state index in [1.54, 1.807) is 0 Å². The number of aromatic nitrogens is 2. The number of rotatable bonds is 8. The topological polar surface area (TPSA) is 76.4 Å². The van der Waals surface area contributed by atoms with E-state index in [1.807, 2.05) is 30.5 Å². The van der Waals surface area contributed by atoms with Gasteiger partial charge in [-0.2, -0.15) is 5.10 Å². The fraction of sp³-hybridized carbons (Fsp3) is 0.318. The first kappa shape index (κ1) is 21.2. The number of aromatic amines is 1. The molecule has 1 aliphatic rings. The summed E-state index contributed by atoms with van der Waals surface area (Å²) in [6, 6.07) is 16.6. The van der Waals surface area contributed by atoms with Crippen LogP contribution < -0.4 is 15.2 Å². The molecule has 0 amide bonds. The van der Waals surface area contributed by atoms with Crippen LogP contribution in [0.5, 0.6) is 11.5 Å². The van der Waals surface area contributed by atoms with Crippen molar-refractivity contribution in [2.45, 2.75) is 13.0 Å². The molecule has 4 rings (SSSR count). The number of ether oxygens (including phenoxy) is 2. The van der Waals surface area contributed by atoms with E-state index < -0.39 is 0 Å². The molecule has 0 radical (unpaired) electrons. The highest BCUT2D eigenvalue weighted by molar-refractivity contribution is 5.85. The maximum Gasteiger partial charge on any atom is 0.162 e. The van der Waals surface area contributed by atoms with Crippen LogP contribution in [0.25, 0.3) is 11.3 Å². The number of fused-ring (bicyclic) bond motifs is 1. The van der Waals surface area contributed by atoms with Crippen LogP contribution >= 0.6 is 12.4 Å². The number of nitrogens with one attached hydrogen (secondary N) is 1. The summed E-state index contributed by atoms with van der Waals surface area (Å²) in [4.78, 5) is 2.37. The number of halogens is 1. The first-order valence-electron chi connectivity index (χ1n) is 9.72. The molecule has 0 atom stereocenters. The first-order valence-corrected chi connectivity index (χ1v) is 9.72. The standard InChI is InChI=1S/C22H26N4O2.ClH/c23-9-11-26(10-8-17-4-2-1-3-5-17)16-19-15-24-25-22(19)18-6-7-20-21(14-18)28-13-12-27-20;/h1-7,14-15H,8-13,16,23H2,(H,24,25);1H. The molecule has 3 N–H and O–H groups in total. The van der Waals surface area contributed by atoms with Crippen molar-refractivity contribution in [2.75, 3.05) is 32.8 Å². The molecule has 6 nitrogen and oxygen atoms in total. The zero-order valence-corrected chi connectivity index (χ0v) is 17.2. The highest BCUT2D eigenvalue weighted by Gasteiger charge is 2.16. The van der Waals surface area contributed by atoms with Gasteiger partial charge in [-0.1, -0.05) is 30.3 Å². The number of hydrogen-bond donors (Lipinski definition) is 2. The Balaban J connectivity index is 0.00000240. The third kappa shape index (κ3) is 5.29. The molecule has 0 saturated carbocycles. The predicted octanol–water partition coefficient (Wildman–Crippen LogP) is 3.27. The van der Waals surface area contributed by atoms with Crippen LogP contribution in [0.15, 0.2) is 54.7 Å². The van der Waals surface area contributed by atoms with Crippen molar-refractivity contribution in [3.05, 3.63) is 65.9 Å². The summed E-state index contributed by atoms with van der Waals surface area (Å²) in [7, 11) is 0. The van der Waals surface area contributed by atoms with Gasteiger partial charge in [0.1, 0.15) is 13.2 Å². The smallest absolute Gasteiger partial charge is 0.162 e. The summed E-state index contributed by atoms with van der Waals surface area (Å²) in [5.41, 5.74) is 10.4. The van der Waals surface area contributed by atoms with Crippen molar-refractivity contribution in [3.63, 3.8) is 0 Å². The summed E-state index contributed by atoms with van der Waals surface area (Å²) in [5, 5.41) is 7.43. The van der Waals surface area contributed by atoms with Crippen molar-refractivity contribution in [2.24, 2.45) is 5.73 Å². The number of nitrogens with zero attached hydrogens (tertiary/aromatic N) is 2. The summed E-state index contributed by atoms with van der Waals surface area (Å²) in [6.07, 6.45) is 2.90. The van der Waals surface area contributed by atoms with E-state index in [0.29, 0.717) is 19.8 Å². The molecule has 2 heterocycles. The van der Waals surface area contributed by atoms with E-state index >= 15 is 0 Å². The van der Waals surface area contributed by atoms with Gasteiger partial charge < -0.3 is 15.2 Å². The molecule has 0 spiro atoms. The molecule has 2 aromatic carbocycles. The van der Waals surface area contributed by atoms with E-state index in [-0.39, 0.29) is 12.4 Å². The Labute approximate surface area is 177 Å². The second kappa shape index (κ2) is 10.3. The lowest BCUT2D eigenvalue weighted by molar-refractivity contribution is 0.171.